The van der Waals surface area contributed by atoms with Gasteiger partial charge in [0.15, 0.2) is 0 Å². The molecule has 0 amide bonds. The van der Waals surface area contributed by atoms with Gasteiger partial charge in [0.1, 0.15) is 6.10 Å². The van der Waals surface area contributed by atoms with Crippen LogP contribution in [0.5, 0.6) is 0 Å². The van der Waals surface area contributed by atoms with Gasteiger partial charge in [-0.2, -0.15) is 17.6 Å². The summed E-state index contributed by atoms with van der Waals surface area (Å²) in [5.74, 6) is -6.10. The average Bonchev–Trinajstić information content (AvgIpc) is 2.48. The number of alkyl halides is 5. The predicted molar refractivity (Wildman–Crippen MR) is 84.8 cm³/mol. The summed E-state index contributed by atoms with van der Waals surface area (Å²) < 4.78 is 55.3. The number of aliphatic hydroxyl groups excluding tert-OH is 1. The summed E-state index contributed by atoms with van der Waals surface area (Å²) >= 11 is 1.80. The third-order valence-corrected chi connectivity index (χ3v) is 4.74. The molecule has 1 aromatic rings. The highest BCUT2D eigenvalue weighted by Crippen LogP contribution is 2.52. The Kier molecular flexibility index (Phi) is 5.06. The highest BCUT2D eigenvalue weighted by molar-refractivity contribution is 9.10. The summed E-state index contributed by atoms with van der Waals surface area (Å²) in [6.07, 6.45) is -0.186. The number of halogens is 5. The van der Waals surface area contributed by atoms with Crippen LogP contribution in [-0.2, 0) is 0 Å². The van der Waals surface area contributed by atoms with Crippen LogP contribution >= 0.6 is 15.9 Å². The zero-order valence-corrected chi connectivity index (χ0v) is 14.2. The van der Waals surface area contributed by atoms with E-state index >= 15 is 0 Å². The number of hydrogen-bond acceptors (Lipinski definition) is 1. The first-order chi connectivity index (χ1) is 10.6. The van der Waals surface area contributed by atoms with E-state index in [2.05, 4.69) is 0 Å². The molecule has 1 aliphatic carbocycles. The Bertz CT molecular complexity index is 632. The van der Waals surface area contributed by atoms with Gasteiger partial charge >= 0.3 is 10.8 Å². The van der Waals surface area contributed by atoms with E-state index < -0.39 is 22.8 Å². The standard InChI is InChI=1S/C17H17BrF4O/c1-10-8-13(15(23)12-6-4-3-5-7-12)14(9-11(10)2)16(19,20)17(18,21)22/h3-8,14-15,23H,9H2,1-2H3. The molecule has 0 saturated heterocycles. The topological polar surface area (TPSA) is 20.2 Å². The summed E-state index contributed by atoms with van der Waals surface area (Å²) in [6, 6.07) is 8.19. The van der Waals surface area contributed by atoms with E-state index in [1.807, 2.05) is 0 Å². The molecule has 126 valence electrons. The molecule has 0 spiro atoms. The van der Waals surface area contributed by atoms with Crippen LogP contribution in [0.1, 0.15) is 31.9 Å². The first kappa shape index (κ1) is 18.2. The minimum atomic E-state index is -4.36. The van der Waals surface area contributed by atoms with Crippen molar-refractivity contribution in [3.63, 3.8) is 0 Å². The average molecular weight is 393 g/mol. The molecule has 2 unspecified atom stereocenters. The van der Waals surface area contributed by atoms with Crippen molar-refractivity contribution in [3.05, 3.63) is 58.7 Å². The maximum absolute atomic E-state index is 14.3. The van der Waals surface area contributed by atoms with Crippen LogP contribution in [0.2, 0.25) is 0 Å². The molecule has 6 heteroatoms. The first-order valence-corrected chi connectivity index (χ1v) is 7.90. The van der Waals surface area contributed by atoms with Crippen LogP contribution in [0.25, 0.3) is 0 Å². The molecule has 23 heavy (non-hydrogen) atoms. The molecule has 1 aliphatic rings. The van der Waals surface area contributed by atoms with E-state index in [-0.39, 0.29) is 12.0 Å². The van der Waals surface area contributed by atoms with Gasteiger partial charge in [-0.3, -0.25) is 0 Å². The van der Waals surface area contributed by atoms with E-state index in [9.17, 15) is 22.7 Å². The molecular formula is C17H17BrF4O. The van der Waals surface area contributed by atoms with Gasteiger partial charge in [0, 0.05) is 0 Å². The van der Waals surface area contributed by atoms with Crippen molar-refractivity contribution < 1.29 is 22.7 Å². The molecule has 0 fully saturated rings. The van der Waals surface area contributed by atoms with Crippen molar-refractivity contribution in [1.82, 2.24) is 0 Å². The Hall–Kier alpha value is -1.14. The fourth-order valence-corrected chi connectivity index (χ4v) is 2.97. The molecule has 0 aromatic heterocycles. The van der Waals surface area contributed by atoms with Crippen LogP contribution in [-0.4, -0.2) is 15.9 Å². The lowest BCUT2D eigenvalue weighted by atomic mass is 9.77. The zero-order chi connectivity index (χ0) is 17.4. The second kappa shape index (κ2) is 6.40. The van der Waals surface area contributed by atoms with Gasteiger partial charge in [0.2, 0.25) is 0 Å². The first-order valence-electron chi connectivity index (χ1n) is 7.11. The van der Waals surface area contributed by atoms with E-state index in [4.69, 9.17) is 0 Å². The normalized spacial score (nSPS) is 21.2. The minimum absolute atomic E-state index is 0.0941. The van der Waals surface area contributed by atoms with Gasteiger partial charge in [-0.1, -0.05) is 47.6 Å². The number of rotatable bonds is 4. The smallest absolute Gasteiger partial charge is 0.364 e. The molecule has 0 heterocycles. The summed E-state index contributed by atoms with van der Waals surface area (Å²) in [7, 11) is 0. The Morgan fingerprint density at radius 1 is 1.13 bits per heavy atom. The largest absolute Gasteiger partial charge is 0.384 e. The van der Waals surface area contributed by atoms with Crippen molar-refractivity contribution in [1.29, 1.82) is 0 Å². The number of allylic oxidation sites excluding steroid dienone is 3. The monoisotopic (exact) mass is 392 g/mol. The van der Waals surface area contributed by atoms with Gasteiger partial charge in [0.05, 0.1) is 5.92 Å². The maximum atomic E-state index is 14.3. The van der Waals surface area contributed by atoms with E-state index in [1.54, 1.807) is 60.1 Å². The SMILES string of the molecule is CC1=C(C)CC(C(F)(F)C(F)(F)Br)C(C(O)c2ccccc2)=C1. The van der Waals surface area contributed by atoms with E-state index in [0.29, 0.717) is 16.7 Å². The highest BCUT2D eigenvalue weighted by atomic mass is 79.9. The second-order valence-corrected chi connectivity index (χ2v) is 6.79. The summed E-state index contributed by atoms with van der Waals surface area (Å²) in [6.45, 7) is 3.35. The predicted octanol–water partition coefficient (Wildman–Crippen LogP) is 5.63. The molecule has 1 aromatic carbocycles. The fraction of sp³-hybridized carbons (Fsp3) is 0.412. The Morgan fingerprint density at radius 3 is 2.22 bits per heavy atom. The van der Waals surface area contributed by atoms with E-state index in [1.165, 1.54) is 6.08 Å². The van der Waals surface area contributed by atoms with Crippen molar-refractivity contribution >= 4 is 15.9 Å². The minimum Gasteiger partial charge on any atom is -0.384 e. The van der Waals surface area contributed by atoms with Gasteiger partial charge < -0.3 is 5.11 Å². The van der Waals surface area contributed by atoms with Crippen molar-refractivity contribution in [2.45, 2.75) is 37.1 Å². The molecule has 0 bridgehead atoms. The third-order valence-electron chi connectivity index (χ3n) is 4.22. The van der Waals surface area contributed by atoms with Crippen molar-refractivity contribution in [2.24, 2.45) is 5.92 Å². The molecule has 0 saturated carbocycles. The lowest BCUT2D eigenvalue weighted by Crippen LogP contribution is -2.44. The molecular weight excluding hydrogens is 376 g/mol. The third kappa shape index (κ3) is 3.53. The van der Waals surface area contributed by atoms with E-state index in [0.717, 1.165) is 0 Å². The lowest BCUT2D eigenvalue weighted by molar-refractivity contribution is -0.176. The summed E-state index contributed by atoms with van der Waals surface area (Å²) in [5.41, 5.74) is 1.61. The quantitative estimate of drug-likeness (QED) is 0.520. The van der Waals surface area contributed by atoms with Gasteiger partial charge in [-0.25, -0.2) is 0 Å². The van der Waals surface area contributed by atoms with Gasteiger partial charge in [-0.15, -0.1) is 0 Å². The van der Waals surface area contributed by atoms with Crippen molar-refractivity contribution in [3.8, 4) is 0 Å². The molecule has 0 aliphatic heterocycles. The number of hydrogen-bond donors (Lipinski definition) is 1. The summed E-state index contributed by atoms with van der Waals surface area (Å²) in [5, 5.41) is 10.5. The molecule has 2 rings (SSSR count). The van der Waals surface area contributed by atoms with Crippen LogP contribution in [0.4, 0.5) is 17.6 Å². The number of aliphatic hydroxyl groups is 1. The van der Waals surface area contributed by atoms with Crippen molar-refractivity contribution in [2.75, 3.05) is 0 Å². The summed E-state index contributed by atoms with van der Waals surface area (Å²) in [4.78, 5) is -4.36. The van der Waals surface area contributed by atoms with Gasteiger partial charge in [0.25, 0.3) is 0 Å². The van der Waals surface area contributed by atoms with Crippen LogP contribution < -0.4 is 0 Å². The molecule has 1 N–H and O–H groups in total. The highest BCUT2D eigenvalue weighted by Gasteiger charge is 2.61. The Morgan fingerprint density at radius 2 is 1.70 bits per heavy atom. The van der Waals surface area contributed by atoms with Crippen LogP contribution in [0, 0.1) is 5.92 Å². The Labute approximate surface area is 140 Å². The zero-order valence-electron chi connectivity index (χ0n) is 12.7. The van der Waals surface area contributed by atoms with Crippen LogP contribution in [0.3, 0.4) is 0 Å². The van der Waals surface area contributed by atoms with Crippen LogP contribution in [0.15, 0.2) is 53.1 Å². The fourth-order valence-electron chi connectivity index (χ4n) is 2.69. The molecule has 1 nitrogen and oxygen atoms in total. The van der Waals surface area contributed by atoms with Gasteiger partial charge in [-0.05, 0) is 47.3 Å². The lowest BCUT2D eigenvalue weighted by Gasteiger charge is -2.36. The maximum Gasteiger partial charge on any atom is 0.364 e. The molecule has 2 atom stereocenters. The number of benzene rings is 1. The second-order valence-electron chi connectivity index (χ2n) is 5.80. The molecule has 0 radical (unpaired) electrons. The Balaban J connectivity index is 2.49.